The maximum atomic E-state index is 10.6. The van der Waals surface area contributed by atoms with Crippen LogP contribution < -0.4 is 5.73 Å². The second-order valence-corrected chi connectivity index (χ2v) is 4.06. The highest BCUT2D eigenvalue weighted by molar-refractivity contribution is 6.31. The maximum absolute atomic E-state index is 10.6. The summed E-state index contributed by atoms with van der Waals surface area (Å²) in [6, 6.07) is 4.70. The zero-order valence-electron chi connectivity index (χ0n) is 7.87. The molecule has 0 unspecified atom stereocenters. The van der Waals surface area contributed by atoms with Crippen LogP contribution in [-0.2, 0) is 5.54 Å². The minimum atomic E-state index is -0.972. The number of aromatic carboxylic acids is 1. The van der Waals surface area contributed by atoms with Gasteiger partial charge >= 0.3 is 5.97 Å². The number of carboxylic acid groups (broad SMARTS) is 1. The van der Waals surface area contributed by atoms with Gasteiger partial charge < -0.3 is 10.8 Å². The molecule has 0 saturated heterocycles. The number of rotatable bonds is 2. The molecule has 0 aliphatic heterocycles. The lowest BCUT2D eigenvalue weighted by Crippen LogP contribution is -2.19. The van der Waals surface area contributed by atoms with Gasteiger partial charge in [-0.1, -0.05) is 17.7 Å². The van der Waals surface area contributed by atoms with Gasteiger partial charge in [0, 0.05) is 10.6 Å². The molecule has 0 radical (unpaired) electrons. The Morgan fingerprint density at radius 2 is 2.07 bits per heavy atom. The van der Waals surface area contributed by atoms with Crippen LogP contribution >= 0.6 is 24.0 Å². The smallest absolute Gasteiger partial charge is 0.335 e. The third kappa shape index (κ3) is 2.25. The van der Waals surface area contributed by atoms with Crippen LogP contribution in [0.4, 0.5) is 0 Å². The highest BCUT2D eigenvalue weighted by Crippen LogP contribution is 2.45. The Morgan fingerprint density at radius 1 is 1.47 bits per heavy atom. The van der Waals surface area contributed by atoms with Gasteiger partial charge in [-0.3, -0.25) is 0 Å². The Balaban J connectivity index is 0.00000112. The highest BCUT2D eigenvalue weighted by atomic mass is 35.5. The SMILES string of the molecule is Cl.NC1(c2ccc(C(=O)O)cc2Cl)CC1. The van der Waals surface area contributed by atoms with Crippen molar-refractivity contribution in [3.05, 3.63) is 34.3 Å². The molecule has 5 heteroatoms. The zero-order valence-corrected chi connectivity index (χ0v) is 9.44. The lowest BCUT2D eigenvalue weighted by Gasteiger charge is -2.11. The van der Waals surface area contributed by atoms with Crippen molar-refractivity contribution in [1.82, 2.24) is 0 Å². The van der Waals surface area contributed by atoms with Gasteiger partial charge in [-0.05, 0) is 30.5 Å². The number of nitrogens with two attached hydrogens (primary N) is 1. The molecular weight excluding hydrogens is 237 g/mol. The van der Waals surface area contributed by atoms with E-state index >= 15 is 0 Å². The van der Waals surface area contributed by atoms with Gasteiger partial charge in [0.15, 0.2) is 0 Å². The molecule has 0 bridgehead atoms. The summed E-state index contributed by atoms with van der Waals surface area (Å²) in [5, 5.41) is 9.18. The summed E-state index contributed by atoms with van der Waals surface area (Å²) in [4.78, 5) is 10.6. The number of benzene rings is 1. The number of carboxylic acids is 1. The standard InChI is InChI=1S/C10H10ClNO2.ClH/c11-8-5-6(9(13)14)1-2-7(8)10(12)3-4-10;/h1-2,5H,3-4,12H2,(H,13,14);1H. The molecule has 82 valence electrons. The Labute approximate surface area is 98.6 Å². The minimum Gasteiger partial charge on any atom is -0.478 e. The first-order chi connectivity index (χ1) is 6.53. The van der Waals surface area contributed by atoms with E-state index in [0.717, 1.165) is 18.4 Å². The van der Waals surface area contributed by atoms with Crippen molar-refractivity contribution in [2.75, 3.05) is 0 Å². The van der Waals surface area contributed by atoms with Crippen LogP contribution in [0.1, 0.15) is 28.8 Å². The summed E-state index contributed by atoms with van der Waals surface area (Å²) in [6.45, 7) is 0. The lowest BCUT2D eigenvalue weighted by molar-refractivity contribution is 0.0697. The van der Waals surface area contributed by atoms with Crippen molar-refractivity contribution >= 4 is 30.0 Å². The number of halogens is 2. The minimum absolute atomic E-state index is 0. The van der Waals surface area contributed by atoms with Crippen molar-refractivity contribution in [3.8, 4) is 0 Å². The molecule has 0 atom stereocenters. The Kier molecular flexibility index (Phi) is 3.28. The van der Waals surface area contributed by atoms with Gasteiger partial charge in [-0.2, -0.15) is 0 Å². The number of hydrogen-bond donors (Lipinski definition) is 2. The predicted octanol–water partition coefficient (Wildman–Crippen LogP) is 2.41. The number of hydrogen-bond acceptors (Lipinski definition) is 2. The van der Waals surface area contributed by atoms with E-state index in [1.807, 2.05) is 0 Å². The van der Waals surface area contributed by atoms with Gasteiger partial charge in [-0.15, -0.1) is 12.4 Å². The summed E-state index contributed by atoms with van der Waals surface area (Å²) in [6.07, 6.45) is 1.83. The fourth-order valence-corrected chi connectivity index (χ4v) is 1.82. The van der Waals surface area contributed by atoms with Crippen LogP contribution in [0, 0.1) is 0 Å². The average molecular weight is 248 g/mol. The quantitative estimate of drug-likeness (QED) is 0.844. The predicted molar refractivity (Wildman–Crippen MR) is 60.8 cm³/mol. The largest absolute Gasteiger partial charge is 0.478 e. The fourth-order valence-electron chi connectivity index (χ4n) is 1.46. The van der Waals surface area contributed by atoms with Crippen LogP contribution in [0.2, 0.25) is 5.02 Å². The molecule has 15 heavy (non-hydrogen) atoms. The monoisotopic (exact) mass is 247 g/mol. The van der Waals surface area contributed by atoms with E-state index in [1.54, 1.807) is 6.07 Å². The molecule has 0 spiro atoms. The van der Waals surface area contributed by atoms with Crippen molar-refractivity contribution < 1.29 is 9.90 Å². The molecule has 3 N–H and O–H groups in total. The molecule has 1 aliphatic carbocycles. The molecule has 2 rings (SSSR count). The third-order valence-corrected chi connectivity index (χ3v) is 2.85. The molecule has 1 aromatic carbocycles. The molecule has 0 amide bonds. The molecule has 3 nitrogen and oxygen atoms in total. The average Bonchev–Trinajstić information content (AvgIpc) is 2.84. The highest BCUT2D eigenvalue weighted by Gasteiger charge is 2.41. The molecule has 1 aliphatic rings. The number of carbonyl (C=O) groups is 1. The summed E-state index contributed by atoms with van der Waals surface area (Å²) < 4.78 is 0. The van der Waals surface area contributed by atoms with Gasteiger partial charge in [0.1, 0.15) is 0 Å². The molecule has 1 aromatic rings. The first-order valence-corrected chi connectivity index (χ1v) is 4.73. The Hall–Kier alpha value is -0.770. The van der Waals surface area contributed by atoms with Gasteiger partial charge in [0.25, 0.3) is 0 Å². The summed E-state index contributed by atoms with van der Waals surface area (Å²) in [5.41, 5.74) is 6.70. The van der Waals surface area contributed by atoms with E-state index in [4.69, 9.17) is 22.4 Å². The van der Waals surface area contributed by atoms with Crippen molar-refractivity contribution in [2.24, 2.45) is 5.73 Å². The van der Waals surface area contributed by atoms with Crippen LogP contribution in [-0.4, -0.2) is 11.1 Å². The zero-order chi connectivity index (χ0) is 10.3. The van der Waals surface area contributed by atoms with E-state index in [1.165, 1.54) is 12.1 Å². The molecule has 1 saturated carbocycles. The summed E-state index contributed by atoms with van der Waals surface area (Å²) >= 11 is 5.95. The van der Waals surface area contributed by atoms with E-state index in [9.17, 15) is 4.79 Å². The second kappa shape index (κ2) is 4.00. The molecule has 1 fully saturated rings. The van der Waals surface area contributed by atoms with Crippen LogP contribution in [0.15, 0.2) is 18.2 Å². The maximum Gasteiger partial charge on any atom is 0.335 e. The van der Waals surface area contributed by atoms with Gasteiger partial charge in [0.2, 0.25) is 0 Å². The first kappa shape index (κ1) is 12.3. The van der Waals surface area contributed by atoms with Crippen LogP contribution in [0.3, 0.4) is 0 Å². The van der Waals surface area contributed by atoms with Crippen LogP contribution in [0.25, 0.3) is 0 Å². The summed E-state index contributed by atoms with van der Waals surface area (Å²) in [7, 11) is 0. The second-order valence-electron chi connectivity index (χ2n) is 3.66. The van der Waals surface area contributed by atoms with Gasteiger partial charge in [0.05, 0.1) is 5.56 Å². The van der Waals surface area contributed by atoms with E-state index < -0.39 is 5.97 Å². The molecule has 0 aromatic heterocycles. The lowest BCUT2D eigenvalue weighted by atomic mass is 10.0. The first-order valence-electron chi connectivity index (χ1n) is 4.35. The Bertz CT molecular complexity index is 402. The van der Waals surface area contributed by atoms with E-state index in [2.05, 4.69) is 0 Å². The normalized spacial score (nSPS) is 16.7. The van der Waals surface area contributed by atoms with E-state index in [-0.39, 0.29) is 23.5 Å². The van der Waals surface area contributed by atoms with Crippen molar-refractivity contribution in [3.63, 3.8) is 0 Å². The van der Waals surface area contributed by atoms with Crippen molar-refractivity contribution in [2.45, 2.75) is 18.4 Å². The summed E-state index contributed by atoms with van der Waals surface area (Å²) in [5.74, 6) is -0.972. The molecule has 0 heterocycles. The molecular formula is C10H11Cl2NO2. The van der Waals surface area contributed by atoms with Crippen LogP contribution in [0.5, 0.6) is 0 Å². The Morgan fingerprint density at radius 3 is 2.47 bits per heavy atom. The topological polar surface area (TPSA) is 63.3 Å². The third-order valence-electron chi connectivity index (χ3n) is 2.54. The van der Waals surface area contributed by atoms with E-state index in [0.29, 0.717) is 5.02 Å². The van der Waals surface area contributed by atoms with Crippen molar-refractivity contribution in [1.29, 1.82) is 0 Å². The van der Waals surface area contributed by atoms with Gasteiger partial charge in [-0.25, -0.2) is 4.79 Å². The fraction of sp³-hybridized carbons (Fsp3) is 0.300.